The van der Waals surface area contributed by atoms with Crippen LogP contribution in [-0.4, -0.2) is 16.7 Å². The maximum absolute atomic E-state index is 4.17. The Bertz CT molecular complexity index is 433. The number of hydrogen-bond donors (Lipinski definition) is 2. The Hall–Kier alpha value is -1.04. The molecule has 0 radical (unpaired) electrons. The van der Waals surface area contributed by atoms with Crippen molar-refractivity contribution in [1.29, 1.82) is 0 Å². The van der Waals surface area contributed by atoms with Crippen LogP contribution in [0.1, 0.15) is 6.92 Å². The summed E-state index contributed by atoms with van der Waals surface area (Å²) in [6.45, 7) is 2.94. The van der Waals surface area contributed by atoms with Crippen LogP contribution in [-0.2, 0) is 0 Å². The summed E-state index contributed by atoms with van der Waals surface area (Å²) in [4.78, 5) is 0. The van der Waals surface area contributed by atoms with Crippen LogP contribution in [0.2, 0.25) is 0 Å². The van der Waals surface area contributed by atoms with Crippen molar-refractivity contribution in [2.75, 3.05) is 11.9 Å². The van der Waals surface area contributed by atoms with Crippen LogP contribution >= 0.6 is 22.6 Å². The molecular weight excluding hydrogens is 301 g/mol. The summed E-state index contributed by atoms with van der Waals surface area (Å²) in [5, 5.41) is 10.3. The van der Waals surface area contributed by atoms with Crippen LogP contribution in [0.15, 0.2) is 30.3 Å². The number of rotatable bonds is 3. The van der Waals surface area contributed by atoms with Gasteiger partial charge in [-0.3, -0.25) is 5.10 Å². The first-order valence-electron chi connectivity index (χ1n) is 4.85. The summed E-state index contributed by atoms with van der Waals surface area (Å²) in [6, 6.07) is 10.4. The zero-order chi connectivity index (χ0) is 10.7. The van der Waals surface area contributed by atoms with Crippen molar-refractivity contribution in [2.45, 2.75) is 6.92 Å². The zero-order valence-electron chi connectivity index (χ0n) is 8.42. The molecule has 0 aliphatic heterocycles. The van der Waals surface area contributed by atoms with E-state index in [0.717, 1.165) is 23.6 Å². The van der Waals surface area contributed by atoms with Crippen molar-refractivity contribution in [3.8, 4) is 11.3 Å². The number of benzene rings is 1. The molecular formula is C11H12IN3. The molecule has 0 bridgehead atoms. The minimum absolute atomic E-state index is 0.886. The molecule has 0 unspecified atom stereocenters. The second-order valence-corrected chi connectivity index (χ2v) is 4.45. The van der Waals surface area contributed by atoms with Gasteiger partial charge in [0.15, 0.2) is 0 Å². The number of H-pyrrole nitrogens is 1. The molecule has 2 aromatic rings. The van der Waals surface area contributed by atoms with Gasteiger partial charge in [0.1, 0.15) is 5.82 Å². The first-order chi connectivity index (χ1) is 7.29. The van der Waals surface area contributed by atoms with E-state index < -0.39 is 0 Å². The summed E-state index contributed by atoms with van der Waals surface area (Å²) in [5.74, 6) is 0.894. The summed E-state index contributed by atoms with van der Waals surface area (Å²) in [7, 11) is 0. The van der Waals surface area contributed by atoms with E-state index in [4.69, 9.17) is 0 Å². The molecule has 0 aliphatic carbocycles. The molecule has 78 valence electrons. The first-order valence-corrected chi connectivity index (χ1v) is 5.92. The molecule has 4 heteroatoms. The van der Waals surface area contributed by atoms with Gasteiger partial charge >= 0.3 is 0 Å². The fourth-order valence-corrected chi connectivity index (χ4v) is 1.73. The van der Waals surface area contributed by atoms with Crippen LogP contribution in [0, 0.1) is 3.57 Å². The number of nitrogens with one attached hydrogen (secondary N) is 2. The lowest BCUT2D eigenvalue weighted by Crippen LogP contribution is -1.95. The van der Waals surface area contributed by atoms with Gasteiger partial charge in [0.05, 0.1) is 5.69 Å². The highest BCUT2D eigenvalue weighted by Crippen LogP contribution is 2.20. The van der Waals surface area contributed by atoms with Crippen molar-refractivity contribution >= 4 is 28.4 Å². The topological polar surface area (TPSA) is 40.7 Å². The number of nitrogens with zero attached hydrogens (tertiary/aromatic N) is 1. The minimum atomic E-state index is 0.886. The molecule has 0 atom stereocenters. The van der Waals surface area contributed by atoms with Crippen LogP contribution in [0.3, 0.4) is 0 Å². The van der Waals surface area contributed by atoms with Crippen LogP contribution < -0.4 is 5.32 Å². The third kappa shape index (κ3) is 2.50. The van der Waals surface area contributed by atoms with Gasteiger partial charge in [0.25, 0.3) is 0 Å². The second kappa shape index (κ2) is 4.65. The summed E-state index contributed by atoms with van der Waals surface area (Å²) in [5.41, 5.74) is 2.20. The highest BCUT2D eigenvalue weighted by Gasteiger charge is 2.01. The minimum Gasteiger partial charge on any atom is -0.369 e. The predicted molar refractivity (Wildman–Crippen MR) is 70.9 cm³/mol. The van der Waals surface area contributed by atoms with Crippen LogP contribution in [0.5, 0.6) is 0 Å². The Balaban J connectivity index is 2.25. The van der Waals surface area contributed by atoms with E-state index in [2.05, 4.69) is 69.3 Å². The molecule has 1 aromatic carbocycles. The fraction of sp³-hybridized carbons (Fsp3) is 0.182. The van der Waals surface area contributed by atoms with E-state index in [1.807, 2.05) is 6.07 Å². The summed E-state index contributed by atoms with van der Waals surface area (Å²) in [6.07, 6.45) is 0. The first kappa shape index (κ1) is 10.5. The second-order valence-electron chi connectivity index (χ2n) is 3.20. The SMILES string of the molecule is CCNc1cc(-c2ccc(I)cc2)[nH]n1. The Morgan fingerprint density at radius 1 is 1.33 bits per heavy atom. The van der Waals surface area contributed by atoms with Gasteiger partial charge in [0, 0.05) is 16.2 Å². The zero-order valence-corrected chi connectivity index (χ0v) is 10.6. The Kier molecular flexibility index (Phi) is 3.25. The van der Waals surface area contributed by atoms with Gasteiger partial charge in [-0.15, -0.1) is 0 Å². The van der Waals surface area contributed by atoms with Crippen molar-refractivity contribution in [2.24, 2.45) is 0 Å². The fourth-order valence-electron chi connectivity index (χ4n) is 1.37. The van der Waals surface area contributed by atoms with Gasteiger partial charge in [-0.1, -0.05) is 12.1 Å². The van der Waals surface area contributed by atoms with E-state index in [1.54, 1.807) is 0 Å². The molecule has 3 nitrogen and oxygen atoms in total. The van der Waals surface area contributed by atoms with E-state index in [-0.39, 0.29) is 0 Å². The maximum atomic E-state index is 4.17. The molecule has 0 fully saturated rings. The molecule has 0 aliphatic rings. The number of halogens is 1. The van der Waals surface area contributed by atoms with E-state index >= 15 is 0 Å². The molecule has 0 spiro atoms. The lowest BCUT2D eigenvalue weighted by molar-refractivity contribution is 1.07. The van der Waals surface area contributed by atoms with Crippen molar-refractivity contribution in [3.63, 3.8) is 0 Å². The van der Waals surface area contributed by atoms with Crippen LogP contribution in [0.4, 0.5) is 5.82 Å². The Labute approximate surface area is 102 Å². The van der Waals surface area contributed by atoms with Gasteiger partial charge in [-0.25, -0.2) is 0 Å². The molecule has 0 saturated carbocycles. The number of aromatic amines is 1. The average molecular weight is 313 g/mol. The van der Waals surface area contributed by atoms with Crippen molar-refractivity contribution in [3.05, 3.63) is 33.9 Å². The van der Waals surface area contributed by atoms with Gasteiger partial charge in [-0.2, -0.15) is 5.10 Å². The standard InChI is InChI=1S/C11H12IN3/c1-2-13-11-7-10(14-15-11)8-3-5-9(12)6-4-8/h3-7H,2H2,1H3,(H2,13,14,15). The van der Waals surface area contributed by atoms with Crippen LogP contribution in [0.25, 0.3) is 11.3 Å². The summed E-state index contributed by atoms with van der Waals surface area (Å²) >= 11 is 2.30. The molecule has 0 amide bonds. The van der Waals surface area contributed by atoms with Crippen molar-refractivity contribution < 1.29 is 0 Å². The van der Waals surface area contributed by atoms with E-state index in [1.165, 1.54) is 3.57 Å². The summed E-state index contributed by atoms with van der Waals surface area (Å²) < 4.78 is 1.24. The third-order valence-corrected chi connectivity index (χ3v) is 2.81. The molecule has 1 aromatic heterocycles. The third-order valence-electron chi connectivity index (χ3n) is 2.09. The average Bonchev–Trinajstić information content (AvgIpc) is 2.68. The normalized spacial score (nSPS) is 10.3. The van der Waals surface area contributed by atoms with Gasteiger partial charge < -0.3 is 5.32 Å². The van der Waals surface area contributed by atoms with E-state index in [9.17, 15) is 0 Å². The van der Waals surface area contributed by atoms with Gasteiger partial charge in [-0.05, 0) is 47.2 Å². The molecule has 0 saturated heterocycles. The highest BCUT2D eigenvalue weighted by molar-refractivity contribution is 14.1. The molecule has 2 N–H and O–H groups in total. The smallest absolute Gasteiger partial charge is 0.148 e. The highest BCUT2D eigenvalue weighted by atomic mass is 127. The van der Waals surface area contributed by atoms with E-state index in [0.29, 0.717) is 0 Å². The lowest BCUT2D eigenvalue weighted by atomic mass is 10.2. The monoisotopic (exact) mass is 313 g/mol. The number of aromatic nitrogens is 2. The Morgan fingerprint density at radius 3 is 2.73 bits per heavy atom. The predicted octanol–water partition coefficient (Wildman–Crippen LogP) is 3.11. The molecule has 2 rings (SSSR count). The van der Waals surface area contributed by atoms with Gasteiger partial charge in [0.2, 0.25) is 0 Å². The quantitative estimate of drug-likeness (QED) is 0.855. The van der Waals surface area contributed by atoms with Crippen molar-refractivity contribution in [1.82, 2.24) is 10.2 Å². The molecule has 15 heavy (non-hydrogen) atoms. The lowest BCUT2D eigenvalue weighted by Gasteiger charge is -1.96. The maximum Gasteiger partial charge on any atom is 0.148 e. The number of hydrogen-bond acceptors (Lipinski definition) is 2. The Morgan fingerprint density at radius 2 is 2.07 bits per heavy atom. The number of anilines is 1. The molecule has 1 heterocycles. The largest absolute Gasteiger partial charge is 0.369 e.